The minimum absolute atomic E-state index is 0.695. The van der Waals surface area contributed by atoms with Gasteiger partial charge in [0.2, 0.25) is 0 Å². The van der Waals surface area contributed by atoms with E-state index in [1.807, 2.05) is 24.3 Å². The highest BCUT2D eigenvalue weighted by atomic mass is 35.5. The fraction of sp³-hybridized carbons (Fsp3) is 0.600. The Balaban J connectivity index is 2.07. The zero-order valence-corrected chi connectivity index (χ0v) is 12.2. The summed E-state index contributed by atoms with van der Waals surface area (Å²) in [6.07, 6.45) is 3.54. The quantitative estimate of drug-likeness (QED) is 0.622. The van der Waals surface area contributed by atoms with E-state index in [2.05, 4.69) is 18.7 Å². The summed E-state index contributed by atoms with van der Waals surface area (Å²) in [5.41, 5.74) is 0. The first kappa shape index (κ1) is 15.3. The predicted octanol–water partition coefficient (Wildman–Crippen LogP) is 4.23. The van der Waals surface area contributed by atoms with Crippen LogP contribution in [-0.4, -0.2) is 31.1 Å². The lowest BCUT2D eigenvalue weighted by Crippen LogP contribution is -2.23. The molecule has 0 N–H and O–H groups in total. The van der Waals surface area contributed by atoms with Crippen molar-refractivity contribution in [2.75, 3.05) is 26.2 Å². The van der Waals surface area contributed by atoms with Crippen molar-refractivity contribution in [1.82, 2.24) is 4.90 Å². The van der Waals surface area contributed by atoms with Crippen molar-refractivity contribution < 1.29 is 4.74 Å². The van der Waals surface area contributed by atoms with E-state index in [4.69, 9.17) is 16.3 Å². The Kier molecular flexibility index (Phi) is 7.86. The molecular weight excluding hydrogens is 246 g/mol. The minimum atomic E-state index is 0.695. The Bertz CT molecular complexity index is 326. The second-order valence-corrected chi connectivity index (χ2v) is 4.77. The highest BCUT2D eigenvalue weighted by molar-refractivity contribution is 6.32. The molecule has 0 radical (unpaired) electrons. The summed E-state index contributed by atoms with van der Waals surface area (Å²) < 4.78 is 5.65. The van der Waals surface area contributed by atoms with Gasteiger partial charge in [-0.1, -0.05) is 37.6 Å². The van der Waals surface area contributed by atoms with Crippen LogP contribution in [0.3, 0.4) is 0 Å². The number of ether oxygens (including phenoxy) is 1. The van der Waals surface area contributed by atoms with Crippen LogP contribution in [0.15, 0.2) is 24.3 Å². The van der Waals surface area contributed by atoms with Crippen LogP contribution < -0.4 is 4.74 Å². The average molecular weight is 270 g/mol. The summed E-state index contributed by atoms with van der Waals surface area (Å²) in [4.78, 5) is 2.45. The van der Waals surface area contributed by atoms with Gasteiger partial charge in [0.15, 0.2) is 0 Å². The predicted molar refractivity (Wildman–Crippen MR) is 78.6 cm³/mol. The molecule has 0 fully saturated rings. The molecule has 0 heterocycles. The first-order valence-corrected chi connectivity index (χ1v) is 7.25. The maximum absolute atomic E-state index is 6.01. The van der Waals surface area contributed by atoms with Gasteiger partial charge in [-0.25, -0.2) is 0 Å². The molecule has 0 aliphatic heterocycles. The minimum Gasteiger partial charge on any atom is -0.492 e. The van der Waals surface area contributed by atoms with Gasteiger partial charge in [0.25, 0.3) is 0 Å². The summed E-state index contributed by atoms with van der Waals surface area (Å²) in [7, 11) is 0. The lowest BCUT2D eigenvalue weighted by molar-refractivity contribution is 0.277. The van der Waals surface area contributed by atoms with Crippen LogP contribution in [-0.2, 0) is 0 Å². The molecule has 0 bridgehead atoms. The van der Waals surface area contributed by atoms with Crippen LogP contribution in [0.4, 0.5) is 0 Å². The van der Waals surface area contributed by atoms with E-state index in [1.165, 1.54) is 19.4 Å². The van der Waals surface area contributed by atoms with E-state index < -0.39 is 0 Å². The molecule has 2 nitrogen and oxygen atoms in total. The van der Waals surface area contributed by atoms with Gasteiger partial charge in [0.1, 0.15) is 5.75 Å². The Morgan fingerprint density at radius 1 is 1.06 bits per heavy atom. The van der Waals surface area contributed by atoms with Crippen LogP contribution in [0.2, 0.25) is 5.02 Å². The van der Waals surface area contributed by atoms with Gasteiger partial charge in [-0.3, -0.25) is 0 Å². The van der Waals surface area contributed by atoms with Crippen molar-refractivity contribution in [3.63, 3.8) is 0 Å². The Labute approximate surface area is 116 Å². The number of nitrogens with zero attached hydrogens (tertiary/aromatic N) is 1. The molecule has 0 atom stereocenters. The normalized spacial score (nSPS) is 10.9. The first-order chi connectivity index (χ1) is 8.77. The maximum Gasteiger partial charge on any atom is 0.137 e. The van der Waals surface area contributed by atoms with Crippen molar-refractivity contribution in [3.8, 4) is 5.75 Å². The van der Waals surface area contributed by atoms with Gasteiger partial charge < -0.3 is 9.64 Å². The highest BCUT2D eigenvalue weighted by Gasteiger charge is 2.00. The van der Waals surface area contributed by atoms with Gasteiger partial charge in [-0.05, 0) is 51.0 Å². The van der Waals surface area contributed by atoms with Gasteiger partial charge in [-0.2, -0.15) is 0 Å². The topological polar surface area (TPSA) is 12.5 Å². The summed E-state index contributed by atoms with van der Waals surface area (Å²) in [5, 5.41) is 0.695. The molecule has 18 heavy (non-hydrogen) atoms. The molecule has 3 heteroatoms. The average Bonchev–Trinajstić information content (AvgIpc) is 2.40. The molecule has 0 spiro atoms. The molecule has 102 valence electrons. The van der Waals surface area contributed by atoms with E-state index in [9.17, 15) is 0 Å². The lowest BCUT2D eigenvalue weighted by Gasteiger charge is -2.17. The zero-order valence-electron chi connectivity index (χ0n) is 11.5. The Hall–Kier alpha value is -0.730. The third-order valence-electron chi connectivity index (χ3n) is 3.11. The summed E-state index contributed by atoms with van der Waals surface area (Å²) in [5.74, 6) is 0.794. The molecular formula is C15H24ClNO. The summed E-state index contributed by atoms with van der Waals surface area (Å²) in [6.45, 7) is 8.66. The van der Waals surface area contributed by atoms with Crippen LogP contribution in [0.1, 0.15) is 33.1 Å². The van der Waals surface area contributed by atoms with Crippen LogP contribution >= 0.6 is 11.6 Å². The van der Waals surface area contributed by atoms with Crippen molar-refractivity contribution in [3.05, 3.63) is 29.3 Å². The fourth-order valence-corrected chi connectivity index (χ4v) is 2.09. The smallest absolute Gasteiger partial charge is 0.137 e. The molecule has 1 aromatic carbocycles. The van der Waals surface area contributed by atoms with Crippen LogP contribution in [0, 0.1) is 0 Å². The molecule has 0 saturated carbocycles. The fourth-order valence-electron chi connectivity index (χ4n) is 1.90. The van der Waals surface area contributed by atoms with E-state index in [0.717, 1.165) is 31.9 Å². The van der Waals surface area contributed by atoms with Crippen molar-refractivity contribution >= 4 is 11.6 Å². The Morgan fingerprint density at radius 3 is 2.44 bits per heavy atom. The second kappa shape index (κ2) is 9.23. The molecule has 0 amide bonds. The monoisotopic (exact) mass is 269 g/mol. The van der Waals surface area contributed by atoms with Crippen molar-refractivity contribution in [2.24, 2.45) is 0 Å². The third kappa shape index (κ3) is 5.74. The summed E-state index contributed by atoms with van der Waals surface area (Å²) >= 11 is 6.01. The highest BCUT2D eigenvalue weighted by Crippen LogP contribution is 2.23. The summed E-state index contributed by atoms with van der Waals surface area (Å²) in [6, 6.07) is 7.64. The molecule has 1 rings (SSSR count). The number of rotatable bonds is 9. The second-order valence-electron chi connectivity index (χ2n) is 4.37. The Morgan fingerprint density at radius 2 is 1.78 bits per heavy atom. The van der Waals surface area contributed by atoms with E-state index in [1.54, 1.807) is 0 Å². The molecule has 0 unspecified atom stereocenters. The molecule has 0 saturated heterocycles. The third-order valence-corrected chi connectivity index (χ3v) is 3.42. The first-order valence-electron chi connectivity index (χ1n) is 6.87. The van der Waals surface area contributed by atoms with E-state index >= 15 is 0 Å². The van der Waals surface area contributed by atoms with Gasteiger partial charge in [0.05, 0.1) is 11.6 Å². The molecule has 0 aromatic heterocycles. The van der Waals surface area contributed by atoms with Crippen molar-refractivity contribution in [1.29, 1.82) is 0 Å². The van der Waals surface area contributed by atoms with Crippen LogP contribution in [0.5, 0.6) is 5.75 Å². The maximum atomic E-state index is 6.01. The molecule has 0 aliphatic carbocycles. The van der Waals surface area contributed by atoms with E-state index in [-0.39, 0.29) is 0 Å². The largest absolute Gasteiger partial charge is 0.492 e. The number of unbranched alkanes of at least 4 members (excludes halogenated alkanes) is 2. The van der Waals surface area contributed by atoms with Gasteiger partial charge in [-0.15, -0.1) is 0 Å². The van der Waals surface area contributed by atoms with Crippen molar-refractivity contribution in [2.45, 2.75) is 33.1 Å². The number of hydrogen-bond donors (Lipinski definition) is 0. The van der Waals surface area contributed by atoms with Gasteiger partial charge >= 0.3 is 0 Å². The van der Waals surface area contributed by atoms with Gasteiger partial charge in [0, 0.05) is 0 Å². The molecule has 1 aromatic rings. The SMILES string of the molecule is CCN(CC)CCCCCOc1ccccc1Cl. The number of halogens is 1. The lowest BCUT2D eigenvalue weighted by atomic mass is 10.2. The number of para-hydroxylation sites is 1. The number of benzene rings is 1. The standard InChI is InChI=1S/C15H24ClNO/c1-3-17(4-2)12-8-5-9-13-18-15-11-7-6-10-14(15)16/h6-7,10-11H,3-5,8-9,12-13H2,1-2H3. The molecule has 0 aliphatic rings. The van der Waals surface area contributed by atoms with Crippen LogP contribution in [0.25, 0.3) is 0 Å². The zero-order chi connectivity index (χ0) is 13.2. The number of hydrogen-bond acceptors (Lipinski definition) is 2. The van der Waals surface area contributed by atoms with E-state index in [0.29, 0.717) is 5.02 Å².